The first-order valence-corrected chi connectivity index (χ1v) is 8.58. The molecule has 1 aromatic heterocycles. The zero-order valence-corrected chi connectivity index (χ0v) is 13.8. The van der Waals surface area contributed by atoms with E-state index in [0.29, 0.717) is 28.7 Å². The number of hydrogen-bond acceptors (Lipinski definition) is 5. The number of rotatable bonds is 4. The zero-order valence-electron chi connectivity index (χ0n) is 13.8. The van der Waals surface area contributed by atoms with Gasteiger partial charge in [0.25, 0.3) is 5.91 Å². The average molecular weight is 326 g/mol. The van der Waals surface area contributed by atoms with E-state index in [1.54, 1.807) is 19.2 Å². The Morgan fingerprint density at radius 2 is 2.17 bits per heavy atom. The molecule has 2 N–H and O–H groups in total. The van der Waals surface area contributed by atoms with Crippen molar-refractivity contribution in [3.8, 4) is 11.4 Å². The van der Waals surface area contributed by atoms with Crippen molar-refractivity contribution in [3.63, 3.8) is 0 Å². The van der Waals surface area contributed by atoms with Crippen molar-refractivity contribution in [1.29, 1.82) is 0 Å². The van der Waals surface area contributed by atoms with Crippen molar-refractivity contribution in [2.24, 2.45) is 5.92 Å². The van der Waals surface area contributed by atoms with Gasteiger partial charge in [-0.2, -0.15) is 4.98 Å². The second-order valence-electron chi connectivity index (χ2n) is 6.96. The molecule has 1 aliphatic carbocycles. The predicted molar refractivity (Wildman–Crippen MR) is 89.5 cm³/mol. The molecule has 2 aliphatic rings. The molecular formula is C18H22N4O2. The van der Waals surface area contributed by atoms with Crippen LogP contribution in [-0.2, 0) is 6.42 Å². The van der Waals surface area contributed by atoms with Gasteiger partial charge in [0.2, 0.25) is 11.7 Å². The Morgan fingerprint density at radius 3 is 2.79 bits per heavy atom. The number of nitrogens with one attached hydrogen (secondary N) is 2. The Balaban J connectivity index is 1.42. The molecule has 126 valence electrons. The third-order valence-corrected chi connectivity index (χ3v) is 5.32. The summed E-state index contributed by atoms with van der Waals surface area (Å²) in [5, 5.41) is 10.4. The van der Waals surface area contributed by atoms with Crippen LogP contribution in [0.3, 0.4) is 0 Å². The van der Waals surface area contributed by atoms with E-state index in [1.165, 1.54) is 25.7 Å². The number of benzene rings is 1. The Labute approximate surface area is 141 Å². The molecule has 2 aromatic rings. The lowest BCUT2D eigenvalue weighted by molar-refractivity contribution is 0.0963. The number of carbonyl (C=O) groups is 1. The quantitative estimate of drug-likeness (QED) is 0.900. The Morgan fingerprint density at radius 1 is 1.38 bits per heavy atom. The summed E-state index contributed by atoms with van der Waals surface area (Å²) in [5.74, 6) is 1.75. The topological polar surface area (TPSA) is 80.0 Å². The number of hydrogen-bond donors (Lipinski definition) is 2. The third-order valence-electron chi connectivity index (χ3n) is 5.32. The van der Waals surface area contributed by atoms with Crippen molar-refractivity contribution < 1.29 is 9.32 Å². The van der Waals surface area contributed by atoms with E-state index in [9.17, 15) is 4.79 Å². The van der Waals surface area contributed by atoms with Crippen LogP contribution in [0.1, 0.15) is 41.9 Å². The fourth-order valence-electron chi connectivity index (χ4n) is 3.80. The van der Waals surface area contributed by atoms with Crippen molar-refractivity contribution in [1.82, 2.24) is 20.8 Å². The minimum absolute atomic E-state index is 0.103. The van der Waals surface area contributed by atoms with E-state index in [-0.39, 0.29) is 5.91 Å². The fraction of sp³-hybridized carbons (Fsp3) is 0.500. The molecular weight excluding hydrogens is 304 g/mol. The van der Waals surface area contributed by atoms with Gasteiger partial charge in [-0.25, -0.2) is 0 Å². The SMILES string of the molecule is CNC(=O)c1ccc(-c2noc(CC3CNC4(CCC4)C3)n2)cc1. The molecule has 24 heavy (non-hydrogen) atoms. The van der Waals surface area contributed by atoms with Crippen LogP contribution >= 0.6 is 0 Å². The summed E-state index contributed by atoms with van der Waals surface area (Å²) in [6.07, 6.45) is 5.99. The van der Waals surface area contributed by atoms with Crippen LogP contribution in [0.5, 0.6) is 0 Å². The molecule has 1 amide bonds. The van der Waals surface area contributed by atoms with Crippen LogP contribution in [0, 0.1) is 5.92 Å². The van der Waals surface area contributed by atoms with E-state index in [1.807, 2.05) is 12.1 Å². The van der Waals surface area contributed by atoms with E-state index in [2.05, 4.69) is 20.8 Å². The maximum Gasteiger partial charge on any atom is 0.251 e. The first kappa shape index (κ1) is 15.3. The maximum absolute atomic E-state index is 11.6. The highest BCUT2D eigenvalue weighted by molar-refractivity contribution is 5.94. The van der Waals surface area contributed by atoms with Gasteiger partial charge in [-0.15, -0.1) is 0 Å². The summed E-state index contributed by atoms with van der Waals surface area (Å²) in [7, 11) is 1.62. The highest BCUT2D eigenvalue weighted by Crippen LogP contribution is 2.41. The monoisotopic (exact) mass is 326 g/mol. The van der Waals surface area contributed by atoms with E-state index in [4.69, 9.17) is 4.52 Å². The molecule has 1 spiro atoms. The molecule has 2 fully saturated rings. The van der Waals surface area contributed by atoms with Crippen molar-refractivity contribution >= 4 is 5.91 Å². The summed E-state index contributed by atoms with van der Waals surface area (Å²) >= 11 is 0. The van der Waals surface area contributed by atoms with Crippen LogP contribution in [0.2, 0.25) is 0 Å². The largest absolute Gasteiger partial charge is 0.355 e. The molecule has 4 rings (SSSR count). The fourth-order valence-corrected chi connectivity index (χ4v) is 3.80. The third kappa shape index (κ3) is 2.82. The average Bonchev–Trinajstić information content (AvgIpc) is 3.22. The minimum Gasteiger partial charge on any atom is -0.355 e. The highest BCUT2D eigenvalue weighted by Gasteiger charge is 2.43. The lowest BCUT2D eigenvalue weighted by atomic mass is 9.74. The maximum atomic E-state index is 11.6. The lowest BCUT2D eigenvalue weighted by Gasteiger charge is -2.38. The van der Waals surface area contributed by atoms with Crippen molar-refractivity contribution in [3.05, 3.63) is 35.7 Å². The first-order valence-electron chi connectivity index (χ1n) is 8.58. The van der Waals surface area contributed by atoms with E-state index < -0.39 is 0 Å². The molecule has 0 bridgehead atoms. The predicted octanol–water partition coefficient (Wildman–Crippen LogP) is 2.17. The molecule has 6 heteroatoms. The van der Waals surface area contributed by atoms with Crippen LogP contribution in [0.15, 0.2) is 28.8 Å². The van der Waals surface area contributed by atoms with Gasteiger partial charge >= 0.3 is 0 Å². The van der Waals surface area contributed by atoms with Gasteiger partial charge < -0.3 is 15.2 Å². The summed E-state index contributed by atoms with van der Waals surface area (Å²) < 4.78 is 5.43. The second-order valence-corrected chi connectivity index (χ2v) is 6.96. The van der Waals surface area contributed by atoms with Crippen molar-refractivity contribution in [2.45, 2.75) is 37.6 Å². The van der Waals surface area contributed by atoms with Gasteiger partial charge in [0.1, 0.15) is 0 Å². The van der Waals surface area contributed by atoms with E-state index >= 15 is 0 Å². The molecule has 0 radical (unpaired) electrons. The molecule has 6 nitrogen and oxygen atoms in total. The van der Waals surface area contributed by atoms with Gasteiger partial charge in [-0.05, 0) is 50.3 Å². The van der Waals surface area contributed by atoms with Crippen molar-refractivity contribution in [2.75, 3.05) is 13.6 Å². The molecule has 1 saturated carbocycles. The van der Waals surface area contributed by atoms with Gasteiger partial charge in [-0.3, -0.25) is 4.79 Å². The number of carbonyl (C=O) groups excluding carboxylic acids is 1. The summed E-state index contributed by atoms with van der Waals surface area (Å²) in [6, 6.07) is 7.23. The zero-order chi connectivity index (χ0) is 16.6. The normalized spacial score (nSPS) is 21.6. The first-order chi connectivity index (χ1) is 11.7. The van der Waals surface area contributed by atoms with Gasteiger partial charge in [0.15, 0.2) is 0 Å². The minimum atomic E-state index is -0.103. The van der Waals surface area contributed by atoms with E-state index in [0.717, 1.165) is 18.5 Å². The molecule has 1 aliphatic heterocycles. The Bertz CT molecular complexity index is 734. The number of amides is 1. The second kappa shape index (κ2) is 6.02. The summed E-state index contributed by atoms with van der Waals surface area (Å²) in [5.41, 5.74) is 1.88. The molecule has 1 unspecified atom stereocenters. The lowest BCUT2D eigenvalue weighted by Crippen LogP contribution is -2.45. The number of aromatic nitrogens is 2. The van der Waals surface area contributed by atoms with Crippen LogP contribution < -0.4 is 10.6 Å². The smallest absolute Gasteiger partial charge is 0.251 e. The molecule has 2 heterocycles. The Hall–Kier alpha value is -2.21. The molecule has 1 saturated heterocycles. The molecule has 1 atom stereocenters. The summed E-state index contributed by atoms with van der Waals surface area (Å²) in [6.45, 7) is 1.04. The van der Waals surface area contributed by atoms with Gasteiger partial charge in [0, 0.05) is 30.1 Å². The molecule has 1 aromatic carbocycles. The van der Waals surface area contributed by atoms with Crippen LogP contribution in [0.25, 0.3) is 11.4 Å². The number of nitrogens with zero attached hydrogens (tertiary/aromatic N) is 2. The summed E-state index contributed by atoms with van der Waals surface area (Å²) in [4.78, 5) is 16.1. The van der Waals surface area contributed by atoms with Gasteiger partial charge in [0.05, 0.1) is 0 Å². The highest BCUT2D eigenvalue weighted by atomic mass is 16.5. The Kier molecular flexibility index (Phi) is 3.84. The standard InChI is InChI=1S/C18H22N4O2/c1-19-17(23)14-5-3-13(4-6-14)16-21-15(24-22-16)9-12-10-18(20-11-12)7-2-8-18/h3-6,12,20H,2,7-11H2,1H3,(H,19,23). The van der Waals surface area contributed by atoms with Crippen LogP contribution in [0.4, 0.5) is 0 Å². The van der Waals surface area contributed by atoms with Gasteiger partial charge in [-0.1, -0.05) is 17.3 Å². The van der Waals surface area contributed by atoms with Crippen LogP contribution in [-0.4, -0.2) is 35.2 Å².